The van der Waals surface area contributed by atoms with E-state index in [1.54, 1.807) is 25.1 Å². The maximum atomic E-state index is 13.5. The monoisotopic (exact) mass is 278 g/mol. The Balaban J connectivity index is 2.11. The van der Waals surface area contributed by atoms with Crippen molar-refractivity contribution in [2.45, 2.75) is 13.0 Å². The molecule has 1 unspecified atom stereocenters. The Hall–Kier alpha value is -2.70. The number of benzene rings is 1. The van der Waals surface area contributed by atoms with Gasteiger partial charge in [-0.05, 0) is 13.0 Å². The van der Waals surface area contributed by atoms with E-state index < -0.39 is 29.5 Å². The van der Waals surface area contributed by atoms with E-state index in [1.807, 2.05) is 0 Å². The van der Waals surface area contributed by atoms with Crippen molar-refractivity contribution < 1.29 is 23.6 Å². The van der Waals surface area contributed by atoms with Crippen LogP contribution in [0, 0.1) is 5.82 Å². The van der Waals surface area contributed by atoms with Gasteiger partial charge < -0.3 is 14.9 Å². The summed E-state index contributed by atoms with van der Waals surface area (Å²) in [6.07, 6.45) is 0. The Bertz CT molecular complexity index is 653. The van der Waals surface area contributed by atoms with Gasteiger partial charge in [-0.3, -0.25) is 4.79 Å². The lowest BCUT2D eigenvalue weighted by molar-refractivity contribution is 0.0651. The summed E-state index contributed by atoms with van der Waals surface area (Å²) in [6, 6.07) is 6.45. The smallest absolute Gasteiger partial charge is 0.374 e. The molecule has 1 aromatic carbocycles. The normalized spacial score (nSPS) is 11.9. The first-order valence-electron chi connectivity index (χ1n) is 5.74. The van der Waals surface area contributed by atoms with Gasteiger partial charge in [0.25, 0.3) is 5.91 Å². The maximum absolute atomic E-state index is 13.5. The summed E-state index contributed by atoms with van der Waals surface area (Å²) in [7, 11) is 0. The molecule has 7 heteroatoms. The van der Waals surface area contributed by atoms with E-state index in [0.717, 1.165) is 6.07 Å². The standard InChI is InChI=1S/C13H11FN2O4/c1-7(8-4-2-3-5-9(8)14)15-12(17)10-6-11(13(18)19)20-16-10/h2-7H,1H3,(H,15,17)(H,18,19). The van der Waals surface area contributed by atoms with E-state index >= 15 is 0 Å². The Morgan fingerprint density at radius 2 is 2.10 bits per heavy atom. The van der Waals surface area contributed by atoms with Gasteiger partial charge in [-0.15, -0.1) is 0 Å². The molecule has 6 nitrogen and oxygen atoms in total. The third kappa shape index (κ3) is 2.82. The molecule has 0 saturated heterocycles. The topological polar surface area (TPSA) is 92.4 Å². The SMILES string of the molecule is CC(NC(=O)c1cc(C(=O)O)on1)c1ccccc1F. The average Bonchev–Trinajstić information content (AvgIpc) is 2.88. The Labute approximate surface area is 113 Å². The molecule has 0 aliphatic rings. The first kappa shape index (κ1) is 13.7. The maximum Gasteiger partial charge on any atom is 0.374 e. The lowest BCUT2D eigenvalue weighted by Gasteiger charge is -2.13. The number of hydrogen-bond donors (Lipinski definition) is 2. The molecule has 104 valence electrons. The number of aromatic nitrogens is 1. The molecule has 2 rings (SSSR count). The number of carboxylic acids is 1. The molecule has 2 N–H and O–H groups in total. The fraction of sp³-hybridized carbons (Fsp3) is 0.154. The third-order valence-corrected chi connectivity index (χ3v) is 2.67. The number of aromatic carboxylic acids is 1. The van der Waals surface area contributed by atoms with Gasteiger partial charge in [0, 0.05) is 11.6 Å². The summed E-state index contributed by atoms with van der Waals surface area (Å²) in [4.78, 5) is 22.4. The number of nitrogens with zero attached hydrogens (tertiary/aromatic N) is 1. The van der Waals surface area contributed by atoms with E-state index in [0.29, 0.717) is 5.56 Å². The van der Waals surface area contributed by atoms with Gasteiger partial charge in [-0.2, -0.15) is 0 Å². The third-order valence-electron chi connectivity index (χ3n) is 2.67. The first-order chi connectivity index (χ1) is 9.49. The molecular weight excluding hydrogens is 267 g/mol. The minimum atomic E-state index is -1.32. The zero-order chi connectivity index (χ0) is 14.7. The lowest BCUT2D eigenvalue weighted by atomic mass is 10.1. The quantitative estimate of drug-likeness (QED) is 0.892. The summed E-state index contributed by atoms with van der Waals surface area (Å²) in [6.45, 7) is 1.61. The highest BCUT2D eigenvalue weighted by atomic mass is 19.1. The summed E-state index contributed by atoms with van der Waals surface area (Å²) >= 11 is 0. The first-order valence-corrected chi connectivity index (χ1v) is 5.74. The molecule has 0 saturated carbocycles. The largest absolute Gasteiger partial charge is 0.475 e. The molecule has 0 aliphatic heterocycles. The fourth-order valence-corrected chi connectivity index (χ4v) is 1.66. The van der Waals surface area contributed by atoms with E-state index in [1.165, 1.54) is 6.07 Å². The fourth-order valence-electron chi connectivity index (χ4n) is 1.66. The van der Waals surface area contributed by atoms with Crippen molar-refractivity contribution in [2.75, 3.05) is 0 Å². The highest BCUT2D eigenvalue weighted by Crippen LogP contribution is 2.16. The minimum absolute atomic E-state index is 0.175. The van der Waals surface area contributed by atoms with Crippen molar-refractivity contribution in [3.05, 3.63) is 53.2 Å². The lowest BCUT2D eigenvalue weighted by Crippen LogP contribution is -2.27. The van der Waals surface area contributed by atoms with Gasteiger partial charge in [0.2, 0.25) is 5.76 Å². The predicted octanol–water partition coefficient (Wildman–Crippen LogP) is 2.00. The second-order valence-electron chi connectivity index (χ2n) is 4.10. The van der Waals surface area contributed by atoms with Crippen molar-refractivity contribution in [3.8, 4) is 0 Å². The van der Waals surface area contributed by atoms with E-state index in [-0.39, 0.29) is 5.69 Å². The summed E-state index contributed by atoms with van der Waals surface area (Å²) in [5, 5.41) is 14.5. The van der Waals surface area contributed by atoms with Crippen molar-refractivity contribution in [2.24, 2.45) is 0 Å². The van der Waals surface area contributed by atoms with E-state index in [2.05, 4.69) is 15.0 Å². The van der Waals surface area contributed by atoms with Crippen LogP contribution in [0.25, 0.3) is 0 Å². The molecule has 1 aromatic heterocycles. The highest BCUT2D eigenvalue weighted by Gasteiger charge is 2.19. The van der Waals surface area contributed by atoms with Gasteiger partial charge in [-0.25, -0.2) is 9.18 Å². The van der Waals surface area contributed by atoms with Crippen molar-refractivity contribution in [1.29, 1.82) is 0 Å². The van der Waals surface area contributed by atoms with Gasteiger partial charge in [0.1, 0.15) is 5.82 Å². The second kappa shape index (κ2) is 5.52. The van der Waals surface area contributed by atoms with Crippen LogP contribution in [-0.4, -0.2) is 22.1 Å². The molecule has 0 aliphatic carbocycles. The molecule has 1 amide bonds. The zero-order valence-electron chi connectivity index (χ0n) is 10.5. The van der Waals surface area contributed by atoms with Crippen LogP contribution in [0.3, 0.4) is 0 Å². The van der Waals surface area contributed by atoms with Crippen molar-refractivity contribution >= 4 is 11.9 Å². The molecule has 2 aromatic rings. The summed E-state index contributed by atoms with van der Waals surface area (Å²) < 4.78 is 18.0. The number of carbonyl (C=O) groups is 2. The molecule has 1 heterocycles. The molecule has 0 spiro atoms. The van der Waals surface area contributed by atoms with Crippen LogP contribution in [0.4, 0.5) is 4.39 Å². The van der Waals surface area contributed by atoms with Gasteiger partial charge in [0.05, 0.1) is 6.04 Å². The molecule has 0 bridgehead atoms. The summed E-state index contributed by atoms with van der Waals surface area (Å²) in [5.74, 6) is -2.84. The number of rotatable bonds is 4. The van der Waals surface area contributed by atoms with Crippen LogP contribution < -0.4 is 5.32 Å². The molecule has 0 fully saturated rings. The molecule has 0 radical (unpaired) electrons. The predicted molar refractivity (Wildman–Crippen MR) is 65.7 cm³/mol. The number of carbonyl (C=O) groups excluding carboxylic acids is 1. The van der Waals surface area contributed by atoms with Crippen LogP contribution in [0.15, 0.2) is 34.9 Å². The van der Waals surface area contributed by atoms with Crippen LogP contribution in [0.1, 0.15) is 39.6 Å². The van der Waals surface area contributed by atoms with Crippen LogP contribution in [0.2, 0.25) is 0 Å². The Morgan fingerprint density at radius 3 is 2.70 bits per heavy atom. The van der Waals surface area contributed by atoms with Gasteiger partial charge in [-0.1, -0.05) is 23.4 Å². The minimum Gasteiger partial charge on any atom is -0.475 e. The number of amides is 1. The molecule has 1 atom stereocenters. The highest BCUT2D eigenvalue weighted by molar-refractivity contribution is 5.95. The second-order valence-corrected chi connectivity index (χ2v) is 4.10. The Morgan fingerprint density at radius 1 is 1.40 bits per heavy atom. The Kier molecular flexibility index (Phi) is 3.79. The summed E-state index contributed by atoms with van der Waals surface area (Å²) in [5.41, 5.74) is 0.147. The average molecular weight is 278 g/mol. The van der Waals surface area contributed by atoms with Crippen LogP contribution in [-0.2, 0) is 0 Å². The van der Waals surface area contributed by atoms with E-state index in [9.17, 15) is 14.0 Å². The molecular formula is C13H11FN2O4. The zero-order valence-corrected chi connectivity index (χ0v) is 10.5. The molecule has 20 heavy (non-hydrogen) atoms. The van der Waals surface area contributed by atoms with Crippen LogP contribution >= 0.6 is 0 Å². The number of nitrogens with one attached hydrogen (secondary N) is 1. The number of carboxylic acid groups (broad SMARTS) is 1. The van der Waals surface area contributed by atoms with Gasteiger partial charge in [0.15, 0.2) is 5.69 Å². The van der Waals surface area contributed by atoms with Gasteiger partial charge >= 0.3 is 5.97 Å². The number of hydrogen-bond acceptors (Lipinski definition) is 4. The van der Waals surface area contributed by atoms with Crippen molar-refractivity contribution in [1.82, 2.24) is 10.5 Å². The van der Waals surface area contributed by atoms with Crippen LogP contribution in [0.5, 0.6) is 0 Å². The van der Waals surface area contributed by atoms with E-state index in [4.69, 9.17) is 5.11 Å². The van der Waals surface area contributed by atoms with Crippen molar-refractivity contribution in [3.63, 3.8) is 0 Å². The number of halogens is 1.